The predicted octanol–water partition coefficient (Wildman–Crippen LogP) is 3.94. The van der Waals surface area contributed by atoms with Crippen molar-refractivity contribution >= 4 is 50.9 Å². The Balaban J connectivity index is 1.48. The van der Waals surface area contributed by atoms with Crippen LogP contribution in [0.5, 0.6) is 11.8 Å². The van der Waals surface area contributed by atoms with E-state index in [9.17, 15) is 9.90 Å². The molecular formula is C23H23ClN6O4. The first-order valence-electron chi connectivity index (χ1n) is 10.8. The number of aromatic nitrogens is 3. The van der Waals surface area contributed by atoms with Crippen LogP contribution in [0.2, 0.25) is 5.28 Å². The van der Waals surface area contributed by atoms with Crippen molar-refractivity contribution in [1.29, 1.82) is 0 Å². The maximum absolute atomic E-state index is 12.5. The van der Waals surface area contributed by atoms with Crippen molar-refractivity contribution < 1.29 is 19.1 Å². The number of hydrogen-bond acceptors (Lipinski definition) is 9. The van der Waals surface area contributed by atoms with Gasteiger partial charge in [0.1, 0.15) is 11.4 Å². The second kappa shape index (κ2) is 8.30. The second-order valence-corrected chi connectivity index (χ2v) is 9.18. The molecule has 11 heteroatoms. The van der Waals surface area contributed by atoms with Crippen LogP contribution in [0.4, 0.5) is 11.5 Å². The molecule has 1 aromatic carbocycles. The molecule has 1 amide bonds. The maximum Gasteiger partial charge on any atom is 0.289 e. The summed E-state index contributed by atoms with van der Waals surface area (Å²) in [5, 5.41) is 20.7. The minimum atomic E-state index is -0.928. The number of aliphatic hydroxyl groups is 1. The van der Waals surface area contributed by atoms with Gasteiger partial charge in [0.25, 0.3) is 5.91 Å². The van der Waals surface area contributed by atoms with Crippen LogP contribution < -0.4 is 20.7 Å². The number of pyridine rings is 1. The number of amides is 1. The number of rotatable bonds is 5. The van der Waals surface area contributed by atoms with E-state index in [2.05, 4.69) is 30.9 Å². The first-order chi connectivity index (χ1) is 16.2. The molecule has 34 heavy (non-hydrogen) atoms. The van der Waals surface area contributed by atoms with E-state index in [0.29, 0.717) is 35.0 Å². The smallest absolute Gasteiger partial charge is 0.289 e. The average molecular weight is 483 g/mol. The number of carbonyl (C=O) groups excluding carboxylic acids is 1. The van der Waals surface area contributed by atoms with Crippen molar-refractivity contribution in [3.8, 4) is 11.8 Å². The number of ether oxygens (including phenoxy) is 1. The Hall–Kier alpha value is -3.63. The van der Waals surface area contributed by atoms with Crippen LogP contribution in [0, 0.1) is 0 Å². The largest absolute Gasteiger partial charge is 0.449 e. The Morgan fingerprint density at radius 2 is 2.06 bits per heavy atom. The summed E-state index contributed by atoms with van der Waals surface area (Å²) >= 11 is 6.04. The minimum absolute atomic E-state index is 0.00193. The summed E-state index contributed by atoms with van der Waals surface area (Å²) in [4.78, 5) is 25.3. The molecule has 0 unspecified atom stereocenters. The second-order valence-electron chi connectivity index (χ2n) is 8.84. The minimum Gasteiger partial charge on any atom is -0.449 e. The Morgan fingerprint density at radius 1 is 1.24 bits per heavy atom. The lowest BCUT2D eigenvalue weighted by molar-refractivity contribution is 0.0918. The van der Waals surface area contributed by atoms with Crippen molar-refractivity contribution in [3.63, 3.8) is 0 Å². The van der Waals surface area contributed by atoms with E-state index < -0.39 is 5.60 Å². The highest BCUT2D eigenvalue weighted by Crippen LogP contribution is 2.38. The van der Waals surface area contributed by atoms with Crippen LogP contribution in [-0.4, -0.2) is 50.7 Å². The van der Waals surface area contributed by atoms with E-state index in [0.717, 1.165) is 10.8 Å². The van der Waals surface area contributed by atoms with Crippen molar-refractivity contribution in [2.24, 2.45) is 0 Å². The topological polar surface area (TPSA) is 134 Å². The number of halogens is 1. The Kier molecular flexibility index (Phi) is 5.41. The van der Waals surface area contributed by atoms with Crippen LogP contribution in [0.1, 0.15) is 31.3 Å². The molecule has 0 radical (unpaired) electrons. The van der Waals surface area contributed by atoms with E-state index in [1.165, 1.54) is 0 Å². The van der Waals surface area contributed by atoms with Gasteiger partial charge in [-0.3, -0.25) is 4.79 Å². The summed E-state index contributed by atoms with van der Waals surface area (Å²) in [6, 6.07) is 8.70. The van der Waals surface area contributed by atoms with Crippen LogP contribution >= 0.6 is 11.6 Å². The Labute approximate surface area is 199 Å². The molecule has 5 rings (SSSR count). The van der Waals surface area contributed by atoms with Crippen LogP contribution in [0.25, 0.3) is 21.9 Å². The molecule has 4 N–H and O–H groups in total. The lowest BCUT2D eigenvalue weighted by Gasteiger charge is -2.18. The molecule has 0 bridgehead atoms. The van der Waals surface area contributed by atoms with Gasteiger partial charge in [0.2, 0.25) is 22.8 Å². The number of benzene rings is 1. The lowest BCUT2D eigenvalue weighted by Crippen LogP contribution is -2.34. The van der Waals surface area contributed by atoms with Crippen molar-refractivity contribution in [2.45, 2.75) is 32.4 Å². The zero-order valence-electron chi connectivity index (χ0n) is 18.8. The number of nitrogens with one attached hydrogen (secondary N) is 3. The zero-order valence-corrected chi connectivity index (χ0v) is 19.5. The van der Waals surface area contributed by atoms with Crippen molar-refractivity contribution in [2.75, 3.05) is 23.7 Å². The summed E-state index contributed by atoms with van der Waals surface area (Å²) in [6.07, 6.45) is 0. The van der Waals surface area contributed by atoms with Gasteiger partial charge in [-0.1, -0.05) is 0 Å². The lowest BCUT2D eigenvalue weighted by atomic mass is 10.1. The summed E-state index contributed by atoms with van der Waals surface area (Å²) in [6.45, 7) is 6.13. The van der Waals surface area contributed by atoms with Crippen LogP contribution in [-0.2, 0) is 0 Å². The molecule has 0 spiro atoms. The van der Waals surface area contributed by atoms with Crippen LogP contribution in [0.3, 0.4) is 0 Å². The molecule has 0 saturated heterocycles. The number of fused-ring (bicyclic) bond motifs is 5. The van der Waals surface area contributed by atoms with E-state index in [1.54, 1.807) is 38.1 Å². The summed E-state index contributed by atoms with van der Waals surface area (Å²) in [5.41, 5.74) is 0.981. The molecule has 1 aliphatic heterocycles. The van der Waals surface area contributed by atoms with E-state index in [-0.39, 0.29) is 35.4 Å². The van der Waals surface area contributed by atoms with Gasteiger partial charge in [-0.25, -0.2) is 9.97 Å². The monoisotopic (exact) mass is 482 g/mol. The van der Waals surface area contributed by atoms with Gasteiger partial charge in [-0.15, -0.1) is 0 Å². The number of furan rings is 1. The number of anilines is 2. The van der Waals surface area contributed by atoms with Gasteiger partial charge in [0.15, 0.2) is 0 Å². The molecule has 176 valence electrons. The fourth-order valence-corrected chi connectivity index (χ4v) is 3.89. The average Bonchev–Trinajstić information content (AvgIpc) is 3.08. The standard InChI is InChI=1S/C23H23ClN6O4/c1-11-9-25-19-18-12-4-7-16(28-13(12)5-6-14(18)33-20(19)21(31)27-11)34-17-8-15(29-22(24)30-17)26-10-23(2,3)32/h4-8,11,25,32H,9-10H2,1-3H3,(H,27,31)(H,26,29,30)/t11-/m1/s1. The van der Waals surface area contributed by atoms with Crippen molar-refractivity contribution in [1.82, 2.24) is 20.3 Å². The quantitative estimate of drug-likeness (QED) is 0.312. The van der Waals surface area contributed by atoms with E-state index in [4.69, 9.17) is 20.8 Å². The molecule has 0 saturated carbocycles. The molecule has 10 nitrogen and oxygen atoms in total. The fourth-order valence-electron chi connectivity index (χ4n) is 3.72. The number of carbonyl (C=O) groups is 1. The van der Waals surface area contributed by atoms with Crippen LogP contribution in [0.15, 0.2) is 34.7 Å². The Bertz CT molecular complexity index is 1410. The molecule has 1 aliphatic rings. The molecule has 0 fully saturated rings. The van der Waals surface area contributed by atoms with E-state index in [1.807, 2.05) is 13.0 Å². The maximum atomic E-state index is 12.5. The highest BCUT2D eigenvalue weighted by molar-refractivity contribution is 6.28. The van der Waals surface area contributed by atoms with Gasteiger partial charge in [0, 0.05) is 36.7 Å². The SMILES string of the molecule is C[C@@H]1CNc2c(oc3ccc4nc(Oc5cc(NCC(C)(C)O)nc(Cl)n5)ccc4c23)C(=O)N1. The zero-order chi connectivity index (χ0) is 24.0. The van der Waals surface area contributed by atoms with Gasteiger partial charge < -0.3 is 30.2 Å². The number of hydrogen-bond donors (Lipinski definition) is 4. The molecule has 3 aromatic heterocycles. The third kappa shape index (κ3) is 4.42. The molecule has 0 aliphatic carbocycles. The molecule has 1 atom stereocenters. The molecule has 4 aromatic rings. The summed E-state index contributed by atoms with van der Waals surface area (Å²) in [5.74, 6) is 0.937. The summed E-state index contributed by atoms with van der Waals surface area (Å²) < 4.78 is 11.7. The van der Waals surface area contributed by atoms with Gasteiger partial charge in [-0.05, 0) is 50.6 Å². The predicted molar refractivity (Wildman–Crippen MR) is 129 cm³/mol. The highest BCUT2D eigenvalue weighted by Gasteiger charge is 2.26. The molecule has 4 heterocycles. The van der Waals surface area contributed by atoms with Gasteiger partial charge in [-0.2, -0.15) is 4.98 Å². The van der Waals surface area contributed by atoms with Crippen molar-refractivity contribution in [3.05, 3.63) is 41.4 Å². The third-order valence-corrected chi connectivity index (χ3v) is 5.42. The number of nitrogens with zero attached hydrogens (tertiary/aromatic N) is 3. The first-order valence-corrected chi connectivity index (χ1v) is 11.1. The highest BCUT2D eigenvalue weighted by atomic mass is 35.5. The van der Waals surface area contributed by atoms with Gasteiger partial charge >= 0.3 is 0 Å². The van der Waals surface area contributed by atoms with E-state index >= 15 is 0 Å². The fraction of sp³-hybridized carbons (Fsp3) is 0.304. The van der Waals surface area contributed by atoms with Gasteiger partial charge in [0.05, 0.1) is 22.2 Å². The first kappa shape index (κ1) is 22.2. The normalized spacial score (nSPS) is 16.0. The Morgan fingerprint density at radius 3 is 2.85 bits per heavy atom. The summed E-state index contributed by atoms with van der Waals surface area (Å²) in [7, 11) is 0. The molecular weight excluding hydrogens is 460 g/mol. The third-order valence-electron chi connectivity index (χ3n) is 5.25.